The molecule has 0 aliphatic heterocycles. The molecule has 1 heterocycles. The van der Waals surface area contributed by atoms with E-state index >= 15 is 0 Å². The molecule has 4 heteroatoms. The van der Waals surface area contributed by atoms with E-state index in [1.807, 2.05) is 0 Å². The van der Waals surface area contributed by atoms with E-state index in [0.29, 0.717) is 6.04 Å². The van der Waals surface area contributed by atoms with Gasteiger partial charge in [0.05, 0.1) is 0 Å². The van der Waals surface area contributed by atoms with Gasteiger partial charge in [-0.15, -0.1) is 0 Å². The van der Waals surface area contributed by atoms with E-state index in [2.05, 4.69) is 41.1 Å². The monoisotopic (exact) mass is 262 g/mol. The first kappa shape index (κ1) is 14.3. The molecular weight excluding hydrogens is 236 g/mol. The minimum atomic E-state index is 0.617. The topological polar surface area (TPSA) is 41.0 Å². The van der Waals surface area contributed by atoms with Gasteiger partial charge in [-0.25, -0.2) is 9.97 Å². The van der Waals surface area contributed by atoms with Gasteiger partial charge >= 0.3 is 0 Å². The summed E-state index contributed by atoms with van der Waals surface area (Å²) in [5, 5.41) is 3.49. The molecule has 0 saturated carbocycles. The summed E-state index contributed by atoms with van der Waals surface area (Å²) in [7, 11) is 2.18. The average molecular weight is 262 g/mol. The third kappa shape index (κ3) is 3.90. The first-order chi connectivity index (χ1) is 9.18. The van der Waals surface area contributed by atoms with Gasteiger partial charge in [0.15, 0.2) is 0 Å². The molecule has 19 heavy (non-hydrogen) atoms. The summed E-state index contributed by atoms with van der Waals surface area (Å²) in [6.45, 7) is 6.57. The predicted octanol–water partition coefficient (Wildman–Crippen LogP) is 2.50. The van der Waals surface area contributed by atoms with E-state index in [0.717, 1.165) is 38.2 Å². The fraction of sp³-hybridized carbons (Fsp3) is 0.733. The Morgan fingerprint density at radius 3 is 2.84 bits per heavy atom. The highest BCUT2D eigenvalue weighted by molar-refractivity contribution is 5.46. The van der Waals surface area contributed by atoms with Crippen LogP contribution in [0.1, 0.15) is 44.4 Å². The van der Waals surface area contributed by atoms with Gasteiger partial charge < -0.3 is 10.2 Å². The lowest BCUT2D eigenvalue weighted by molar-refractivity contribution is 0.273. The van der Waals surface area contributed by atoms with Crippen molar-refractivity contribution < 1.29 is 0 Å². The van der Waals surface area contributed by atoms with Gasteiger partial charge in [0.25, 0.3) is 0 Å². The second-order valence-corrected chi connectivity index (χ2v) is 5.71. The smallest absolute Gasteiger partial charge is 0.132 e. The van der Waals surface area contributed by atoms with E-state index in [-0.39, 0.29) is 0 Å². The number of fused-ring (bicyclic) bond motifs is 1. The van der Waals surface area contributed by atoms with Gasteiger partial charge in [-0.05, 0) is 59.5 Å². The number of nitrogens with zero attached hydrogens (tertiary/aromatic N) is 3. The first-order valence-corrected chi connectivity index (χ1v) is 7.45. The minimum Gasteiger partial charge on any atom is -0.370 e. The van der Waals surface area contributed by atoms with Crippen LogP contribution in [0.5, 0.6) is 0 Å². The highest BCUT2D eigenvalue weighted by Gasteiger charge is 2.14. The normalized spacial score (nSPS) is 14.8. The lowest BCUT2D eigenvalue weighted by atomic mass is 9.96. The standard InChI is InChI=1S/C15H26N4/c1-12(2)19(3)10-6-9-16-15-13-7-4-5-8-14(13)17-11-18-15/h11-12H,4-10H2,1-3H3,(H,16,17,18). The van der Waals surface area contributed by atoms with Crippen LogP contribution in [0.4, 0.5) is 5.82 Å². The van der Waals surface area contributed by atoms with Gasteiger partial charge in [0.1, 0.15) is 12.1 Å². The fourth-order valence-corrected chi connectivity index (χ4v) is 2.47. The number of hydrogen-bond acceptors (Lipinski definition) is 4. The van der Waals surface area contributed by atoms with Gasteiger partial charge in [-0.3, -0.25) is 0 Å². The Labute approximate surface area is 116 Å². The van der Waals surface area contributed by atoms with E-state index in [4.69, 9.17) is 0 Å². The molecule has 106 valence electrons. The number of rotatable bonds is 6. The number of aryl methyl sites for hydroxylation is 1. The Balaban J connectivity index is 1.83. The highest BCUT2D eigenvalue weighted by Crippen LogP contribution is 2.24. The van der Waals surface area contributed by atoms with Crippen LogP contribution >= 0.6 is 0 Å². The maximum Gasteiger partial charge on any atom is 0.132 e. The average Bonchev–Trinajstić information content (AvgIpc) is 2.43. The third-order valence-electron chi connectivity index (χ3n) is 3.99. The molecule has 0 radical (unpaired) electrons. The van der Waals surface area contributed by atoms with Crippen LogP contribution in [0.15, 0.2) is 6.33 Å². The van der Waals surface area contributed by atoms with Crippen molar-refractivity contribution in [1.29, 1.82) is 0 Å². The quantitative estimate of drug-likeness (QED) is 0.800. The third-order valence-corrected chi connectivity index (χ3v) is 3.99. The van der Waals surface area contributed by atoms with Crippen molar-refractivity contribution in [2.24, 2.45) is 0 Å². The lowest BCUT2D eigenvalue weighted by Gasteiger charge is -2.21. The number of nitrogens with one attached hydrogen (secondary N) is 1. The summed E-state index contributed by atoms with van der Waals surface area (Å²) in [5.41, 5.74) is 2.61. The lowest BCUT2D eigenvalue weighted by Crippen LogP contribution is -2.28. The molecule has 2 rings (SSSR count). The molecule has 0 unspecified atom stereocenters. The Bertz CT molecular complexity index is 403. The molecule has 1 aromatic heterocycles. The highest BCUT2D eigenvalue weighted by atomic mass is 15.1. The van der Waals surface area contributed by atoms with E-state index in [9.17, 15) is 0 Å². The molecule has 0 saturated heterocycles. The number of hydrogen-bond donors (Lipinski definition) is 1. The zero-order valence-corrected chi connectivity index (χ0v) is 12.4. The van der Waals surface area contributed by atoms with Crippen LogP contribution in [0, 0.1) is 0 Å². The molecule has 0 fully saturated rings. The summed E-state index contributed by atoms with van der Waals surface area (Å²) >= 11 is 0. The van der Waals surface area contributed by atoms with Crippen molar-refractivity contribution in [2.45, 2.75) is 52.0 Å². The van der Waals surface area contributed by atoms with Crippen molar-refractivity contribution in [3.63, 3.8) is 0 Å². The van der Waals surface area contributed by atoms with Gasteiger partial charge in [-0.1, -0.05) is 0 Å². The van der Waals surface area contributed by atoms with Crippen molar-refractivity contribution >= 4 is 5.82 Å². The van der Waals surface area contributed by atoms with E-state index in [1.165, 1.54) is 24.1 Å². The molecule has 0 aromatic carbocycles. The van der Waals surface area contributed by atoms with E-state index < -0.39 is 0 Å². The largest absolute Gasteiger partial charge is 0.370 e. The molecule has 0 amide bonds. The second-order valence-electron chi connectivity index (χ2n) is 5.71. The SMILES string of the molecule is CC(C)N(C)CCCNc1ncnc2c1CCCC2. The van der Waals surface area contributed by atoms with Gasteiger partial charge in [0, 0.05) is 23.8 Å². The molecule has 1 aliphatic rings. The Morgan fingerprint density at radius 2 is 2.05 bits per heavy atom. The van der Waals surface area contributed by atoms with Crippen molar-refractivity contribution in [1.82, 2.24) is 14.9 Å². The zero-order chi connectivity index (χ0) is 13.7. The summed E-state index contributed by atoms with van der Waals surface area (Å²) in [4.78, 5) is 11.2. The van der Waals surface area contributed by atoms with Crippen molar-refractivity contribution in [3.8, 4) is 0 Å². The zero-order valence-electron chi connectivity index (χ0n) is 12.4. The van der Waals surface area contributed by atoms with Crippen LogP contribution in [0.25, 0.3) is 0 Å². The maximum absolute atomic E-state index is 4.41. The summed E-state index contributed by atoms with van der Waals surface area (Å²) in [5.74, 6) is 1.07. The van der Waals surface area contributed by atoms with E-state index in [1.54, 1.807) is 6.33 Å². The summed E-state index contributed by atoms with van der Waals surface area (Å²) < 4.78 is 0. The van der Waals surface area contributed by atoms with Crippen molar-refractivity contribution in [3.05, 3.63) is 17.6 Å². The molecule has 0 spiro atoms. The molecule has 1 aliphatic carbocycles. The van der Waals surface area contributed by atoms with Gasteiger partial charge in [-0.2, -0.15) is 0 Å². The van der Waals surface area contributed by atoms with Gasteiger partial charge in [0.2, 0.25) is 0 Å². The summed E-state index contributed by atoms with van der Waals surface area (Å²) in [6, 6.07) is 0.617. The molecule has 1 aromatic rings. The molecule has 0 atom stereocenters. The molecule has 1 N–H and O–H groups in total. The van der Waals surface area contributed by atoms with Crippen LogP contribution in [0.3, 0.4) is 0 Å². The Morgan fingerprint density at radius 1 is 1.26 bits per heavy atom. The first-order valence-electron chi connectivity index (χ1n) is 7.45. The van der Waals surface area contributed by atoms with Crippen LogP contribution in [0.2, 0.25) is 0 Å². The molecule has 4 nitrogen and oxygen atoms in total. The predicted molar refractivity (Wildman–Crippen MR) is 79.5 cm³/mol. The fourth-order valence-electron chi connectivity index (χ4n) is 2.47. The van der Waals surface area contributed by atoms with Crippen LogP contribution in [-0.4, -0.2) is 41.0 Å². The second kappa shape index (κ2) is 6.85. The Kier molecular flexibility index (Phi) is 5.14. The number of anilines is 1. The van der Waals surface area contributed by atoms with Crippen molar-refractivity contribution in [2.75, 3.05) is 25.5 Å². The summed E-state index contributed by atoms with van der Waals surface area (Å²) in [6.07, 6.45) is 7.63. The van der Waals surface area contributed by atoms with Crippen LogP contribution < -0.4 is 5.32 Å². The molecule has 0 bridgehead atoms. The maximum atomic E-state index is 4.41. The van der Waals surface area contributed by atoms with Crippen LogP contribution in [-0.2, 0) is 12.8 Å². The Hall–Kier alpha value is -1.16. The minimum absolute atomic E-state index is 0.617. The number of aromatic nitrogens is 2. The molecular formula is C15H26N4.